The van der Waals surface area contributed by atoms with E-state index in [-0.39, 0.29) is 0 Å². The summed E-state index contributed by atoms with van der Waals surface area (Å²) in [6, 6.07) is 53.9. The molecule has 4 aromatic heterocycles. The van der Waals surface area contributed by atoms with Crippen LogP contribution in [0.25, 0.3) is 98.4 Å². The van der Waals surface area contributed by atoms with E-state index in [1.54, 1.807) is 0 Å². The van der Waals surface area contributed by atoms with Crippen LogP contribution in [0.5, 0.6) is 0 Å². The maximum atomic E-state index is 2.44. The van der Waals surface area contributed by atoms with E-state index in [2.05, 4.69) is 154 Å². The van der Waals surface area contributed by atoms with Crippen LogP contribution in [0.2, 0.25) is 0 Å². The lowest BCUT2D eigenvalue weighted by atomic mass is 9.96. The third-order valence-electron chi connectivity index (χ3n) is 9.96. The van der Waals surface area contributed by atoms with Crippen LogP contribution in [0.4, 0.5) is 0 Å². The Morgan fingerprint density at radius 2 is 0.523 bits per heavy atom. The van der Waals surface area contributed by atoms with E-state index < -0.39 is 0 Å². The van der Waals surface area contributed by atoms with Crippen molar-refractivity contribution in [3.05, 3.63) is 146 Å². The zero-order chi connectivity index (χ0) is 28.5. The van der Waals surface area contributed by atoms with Gasteiger partial charge in [-0.2, -0.15) is 0 Å². The first kappa shape index (κ1) is 22.7. The summed E-state index contributed by atoms with van der Waals surface area (Å²) in [7, 11) is 0. The average Bonchev–Trinajstić information content (AvgIpc) is 3.81. The zero-order valence-electron chi connectivity index (χ0n) is 23.8. The molecule has 44 heavy (non-hydrogen) atoms. The summed E-state index contributed by atoms with van der Waals surface area (Å²) in [5.41, 5.74) is 12.7. The number of hydrogen-bond donors (Lipinski definition) is 0. The molecule has 0 atom stereocenters. The Balaban J connectivity index is 1.13. The smallest absolute Gasteiger partial charge is 0.0620 e. The molecule has 2 nitrogen and oxygen atoms in total. The molecular weight excluding hydrogens is 532 g/mol. The van der Waals surface area contributed by atoms with E-state index in [1.165, 1.54) is 98.4 Å². The van der Waals surface area contributed by atoms with Crippen molar-refractivity contribution in [3.8, 4) is 22.3 Å². The van der Waals surface area contributed by atoms with Gasteiger partial charge < -0.3 is 8.80 Å². The molecule has 0 aliphatic carbocycles. The summed E-state index contributed by atoms with van der Waals surface area (Å²) in [5, 5.41) is 10.5. The maximum absolute atomic E-state index is 2.44. The highest BCUT2D eigenvalue weighted by molar-refractivity contribution is 6.25. The summed E-state index contributed by atoms with van der Waals surface area (Å²) < 4.78 is 4.88. The van der Waals surface area contributed by atoms with E-state index in [4.69, 9.17) is 0 Å². The van der Waals surface area contributed by atoms with Crippen LogP contribution in [0.1, 0.15) is 0 Å². The number of para-hydroxylation sites is 4. The maximum Gasteiger partial charge on any atom is 0.0620 e. The molecule has 0 bridgehead atoms. The van der Waals surface area contributed by atoms with Crippen molar-refractivity contribution in [2.75, 3.05) is 0 Å². The Morgan fingerprint density at radius 1 is 0.250 bits per heavy atom. The molecule has 0 aliphatic rings. The van der Waals surface area contributed by atoms with E-state index in [1.807, 2.05) is 0 Å². The minimum absolute atomic E-state index is 1.24. The molecule has 7 aromatic carbocycles. The zero-order valence-corrected chi connectivity index (χ0v) is 23.8. The van der Waals surface area contributed by atoms with Crippen molar-refractivity contribution >= 4 is 76.2 Å². The van der Waals surface area contributed by atoms with Crippen molar-refractivity contribution in [3.63, 3.8) is 0 Å². The Labute approximate surface area is 252 Å². The quantitative estimate of drug-likeness (QED) is 0.200. The number of benzene rings is 7. The van der Waals surface area contributed by atoms with Crippen LogP contribution in [-0.4, -0.2) is 8.80 Å². The van der Waals surface area contributed by atoms with Gasteiger partial charge in [0, 0.05) is 43.1 Å². The van der Waals surface area contributed by atoms with Crippen LogP contribution in [0.15, 0.2) is 146 Å². The van der Waals surface area contributed by atoms with Crippen molar-refractivity contribution in [1.29, 1.82) is 0 Å². The van der Waals surface area contributed by atoms with Gasteiger partial charge in [-0.1, -0.05) is 97.1 Å². The summed E-state index contributed by atoms with van der Waals surface area (Å²) in [4.78, 5) is 0. The van der Waals surface area contributed by atoms with Gasteiger partial charge in [-0.25, -0.2) is 0 Å². The van der Waals surface area contributed by atoms with Gasteiger partial charge in [0.1, 0.15) is 0 Å². The second-order valence-corrected chi connectivity index (χ2v) is 12.2. The number of nitrogens with zero attached hydrogens (tertiary/aromatic N) is 2. The molecule has 0 N–H and O–H groups in total. The Bertz CT molecular complexity index is 2550. The van der Waals surface area contributed by atoms with E-state index in [0.717, 1.165) is 0 Å². The minimum atomic E-state index is 1.24. The highest BCUT2D eigenvalue weighted by Crippen LogP contribution is 2.43. The molecule has 11 aromatic rings. The number of fused-ring (bicyclic) bond motifs is 12. The summed E-state index contributed by atoms with van der Waals surface area (Å²) in [6.07, 6.45) is 0. The first-order chi connectivity index (χ1) is 21.8. The Morgan fingerprint density at radius 3 is 0.818 bits per heavy atom. The number of aromatic nitrogens is 2. The van der Waals surface area contributed by atoms with Crippen LogP contribution in [0, 0.1) is 0 Å². The molecule has 4 heterocycles. The molecule has 0 saturated heterocycles. The standard InChI is InChI=1S/C42H24N2/c1-5-13-37-29(9-1)33-21-27(22-34-30-10-2-6-14-38(30)43(37)41(33)34)25-17-19-26(20-18-25)28-23-35-31-11-3-7-15-39(31)44-40-16-8-4-12-32(40)36(24-28)42(35)44/h1-24H. The average molecular weight is 557 g/mol. The SMILES string of the molecule is c1ccc2c(c1)c1cc(-c3ccc(-c4cc5c6ccccc6n6c7ccccc7c(c4)c56)cc3)cc3c4ccccc4n2c13. The van der Waals surface area contributed by atoms with E-state index in [0.29, 0.717) is 0 Å². The van der Waals surface area contributed by atoms with Gasteiger partial charge in [0.2, 0.25) is 0 Å². The van der Waals surface area contributed by atoms with Crippen molar-refractivity contribution in [2.45, 2.75) is 0 Å². The summed E-state index contributed by atoms with van der Waals surface area (Å²) in [5.74, 6) is 0. The van der Waals surface area contributed by atoms with Crippen molar-refractivity contribution in [1.82, 2.24) is 8.80 Å². The molecule has 11 rings (SSSR count). The van der Waals surface area contributed by atoms with Gasteiger partial charge in [0.25, 0.3) is 0 Å². The molecule has 0 aliphatic heterocycles. The Kier molecular flexibility index (Phi) is 4.10. The van der Waals surface area contributed by atoms with Crippen LogP contribution in [0.3, 0.4) is 0 Å². The predicted molar refractivity (Wildman–Crippen MR) is 187 cm³/mol. The van der Waals surface area contributed by atoms with Crippen LogP contribution >= 0.6 is 0 Å². The van der Waals surface area contributed by atoms with Gasteiger partial charge in [-0.3, -0.25) is 0 Å². The van der Waals surface area contributed by atoms with Gasteiger partial charge in [0.05, 0.1) is 33.1 Å². The third-order valence-corrected chi connectivity index (χ3v) is 9.96. The van der Waals surface area contributed by atoms with Crippen LogP contribution < -0.4 is 0 Å². The van der Waals surface area contributed by atoms with Gasteiger partial charge >= 0.3 is 0 Å². The molecule has 202 valence electrons. The molecule has 0 fully saturated rings. The first-order valence-electron chi connectivity index (χ1n) is 15.3. The second-order valence-electron chi connectivity index (χ2n) is 12.2. The van der Waals surface area contributed by atoms with Crippen molar-refractivity contribution < 1.29 is 0 Å². The predicted octanol–water partition coefficient (Wildman–Crippen LogP) is 11.3. The van der Waals surface area contributed by atoms with Gasteiger partial charge in [0.15, 0.2) is 0 Å². The lowest BCUT2D eigenvalue weighted by Gasteiger charge is -2.08. The second kappa shape index (κ2) is 7.94. The van der Waals surface area contributed by atoms with E-state index >= 15 is 0 Å². The molecule has 0 saturated carbocycles. The fourth-order valence-electron chi connectivity index (χ4n) is 8.09. The first-order valence-corrected chi connectivity index (χ1v) is 15.3. The monoisotopic (exact) mass is 556 g/mol. The molecule has 0 spiro atoms. The summed E-state index contributed by atoms with van der Waals surface area (Å²) in [6.45, 7) is 0. The number of rotatable bonds is 2. The normalized spacial score (nSPS) is 12.5. The molecule has 0 radical (unpaired) electrons. The topological polar surface area (TPSA) is 8.82 Å². The van der Waals surface area contributed by atoms with Crippen LogP contribution in [-0.2, 0) is 0 Å². The minimum Gasteiger partial charge on any atom is -0.308 e. The molecule has 2 heteroatoms. The van der Waals surface area contributed by atoms with E-state index in [9.17, 15) is 0 Å². The Hall–Kier alpha value is -5.86. The molecule has 0 amide bonds. The summed E-state index contributed by atoms with van der Waals surface area (Å²) >= 11 is 0. The lowest BCUT2D eigenvalue weighted by molar-refractivity contribution is 1.37. The van der Waals surface area contributed by atoms with Crippen molar-refractivity contribution in [2.24, 2.45) is 0 Å². The molecule has 0 unspecified atom stereocenters. The molecular formula is C42H24N2. The fourth-order valence-corrected chi connectivity index (χ4v) is 8.09. The highest BCUT2D eigenvalue weighted by Gasteiger charge is 2.20. The third kappa shape index (κ3) is 2.72. The van der Waals surface area contributed by atoms with Gasteiger partial charge in [-0.15, -0.1) is 0 Å². The van der Waals surface area contributed by atoms with Gasteiger partial charge in [-0.05, 0) is 70.8 Å². The number of hydrogen-bond acceptors (Lipinski definition) is 0. The highest BCUT2D eigenvalue weighted by atomic mass is 14.9. The fraction of sp³-hybridized carbons (Fsp3) is 0. The largest absolute Gasteiger partial charge is 0.308 e. The lowest BCUT2D eigenvalue weighted by Crippen LogP contribution is -1.82.